The van der Waals surface area contributed by atoms with Crippen molar-refractivity contribution < 1.29 is 4.74 Å². The van der Waals surface area contributed by atoms with Crippen molar-refractivity contribution in [3.63, 3.8) is 0 Å². The topological polar surface area (TPSA) is 39.1 Å². The maximum Gasteiger partial charge on any atom is 0.0685 e. The molecule has 4 heteroatoms. The molecule has 1 aliphatic carbocycles. The van der Waals surface area contributed by atoms with Crippen LogP contribution >= 0.6 is 0 Å². The third-order valence-electron chi connectivity index (χ3n) is 4.94. The van der Waals surface area contributed by atoms with E-state index in [0.29, 0.717) is 18.1 Å². The molecule has 0 amide bonds. The number of nitrogens with one attached hydrogen (secondary N) is 1. The Hall–Kier alpha value is -0.870. The average molecular weight is 263 g/mol. The van der Waals surface area contributed by atoms with Gasteiger partial charge in [-0.3, -0.25) is 4.68 Å². The third-order valence-corrected chi connectivity index (χ3v) is 4.94. The Morgan fingerprint density at radius 1 is 1.53 bits per heavy atom. The molecule has 1 saturated heterocycles. The number of aryl methyl sites for hydroxylation is 2. The number of hydrogen-bond donors (Lipinski definition) is 1. The van der Waals surface area contributed by atoms with Crippen molar-refractivity contribution in [1.29, 1.82) is 0 Å². The lowest BCUT2D eigenvalue weighted by atomic mass is 9.57. The summed E-state index contributed by atoms with van der Waals surface area (Å²) < 4.78 is 7.76. The minimum atomic E-state index is 0.260. The fourth-order valence-electron chi connectivity index (χ4n) is 3.99. The van der Waals surface area contributed by atoms with E-state index in [1.165, 1.54) is 17.7 Å². The zero-order valence-corrected chi connectivity index (χ0v) is 12.4. The number of nitrogens with zero attached hydrogens (tertiary/aromatic N) is 2. The summed E-state index contributed by atoms with van der Waals surface area (Å²) in [6.45, 7) is 8.67. The number of rotatable bonds is 4. The van der Waals surface area contributed by atoms with Gasteiger partial charge in [0, 0.05) is 49.3 Å². The van der Waals surface area contributed by atoms with Crippen molar-refractivity contribution in [2.24, 2.45) is 18.4 Å². The summed E-state index contributed by atoms with van der Waals surface area (Å²) in [6.07, 6.45) is 4.81. The van der Waals surface area contributed by atoms with Gasteiger partial charge >= 0.3 is 0 Å². The third kappa shape index (κ3) is 2.01. The molecule has 2 heterocycles. The zero-order chi connectivity index (χ0) is 13.6. The Morgan fingerprint density at radius 2 is 2.32 bits per heavy atom. The molecule has 1 aromatic rings. The van der Waals surface area contributed by atoms with Crippen LogP contribution in [-0.4, -0.2) is 28.5 Å². The number of fused-ring (bicyclic) bond motifs is 1. The first-order chi connectivity index (χ1) is 9.04. The Labute approximate surface area is 115 Å². The summed E-state index contributed by atoms with van der Waals surface area (Å²) in [5, 5.41) is 8.26. The van der Waals surface area contributed by atoms with Crippen molar-refractivity contribution in [3.8, 4) is 0 Å². The fourth-order valence-corrected chi connectivity index (χ4v) is 3.99. The molecule has 3 rings (SSSR count). The molecule has 3 unspecified atom stereocenters. The SMILES string of the molecule is CCc1nn(C)cc1CNC1C2CCOC2C1(C)C. The van der Waals surface area contributed by atoms with Gasteiger partial charge in [-0.05, 0) is 12.8 Å². The van der Waals surface area contributed by atoms with Gasteiger partial charge in [0.05, 0.1) is 11.8 Å². The second-order valence-electron chi connectivity index (χ2n) is 6.55. The predicted molar refractivity (Wildman–Crippen MR) is 74.8 cm³/mol. The standard InChI is InChI=1S/C15H25N3O/c1-5-12-10(9-18(4)17-12)8-16-13-11-6-7-19-14(11)15(13,2)3/h9,11,13-14,16H,5-8H2,1-4H3. The fraction of sp³-hybridized carbons (Fsp3) is 0.800. The summed E-state index contributed by atoms with van der Waals surface area (Å²) >= 11 is 0. The Bertz CT molecular complexity index is 466. The molecule has 2 fully saturated rings. The molecule has 106 valence electrons. The van der Waals surface area contributed by atoms with Gasteiger partial charge in [0.25, 0.3) is 0 Å². The summed E-state index contributed by atoms with van der Waals surface area (Å²) in [4.78, 5) is 0. The molecule has 3 atom stereocenters. The lowest BCUT2D eigenvalue weighted by Gasteiger charge is -2.55. The molecule has 0 radical (unpaired) electrons. The minimum absolute atomic E-state index is 0.260. The normalized spacial score (nSPS) is 32.1. The first kappa shape index (κ1) is 13.1. The highest BCUT2D eigenvalue weighted by atomic mass is 16.5. The summed E-state index contributed by atoms with van der Waals surface area (Å²) in [6, 6.07) is 0.574. The highest BCUT2D eigenvalue weighted by Crippen LogP contribution is 2.52. The molecule has 0 spiro atoms. The predicted octanol–water partition coefficient (Wildman–Crippen LogP) is 1.89. The molecule has 19 heavy (non-hydrogen) atoms. The second kappa shape index (κ2) is 4.60. The highest BCUT2D eigenvalue weighted by molar-refractivity contribution is 5.18. The Balaban J connectivity index is 1.66. The van der Waals surface area contributed by atoms with Crippen LogP contribution in [-0.2, 0) is 24.8 Å². The Kier molecular flexibility index (Phi) is 3.18. The second-order valence-corrected chi connectivity index (χ2v) is 6.55. The van der Waals surface area contributed by atoms with E-state index < -0.39 is 0 Å². The first-order valence-corrected chi connectivity index (χ1v) is 7.40. The largest absolute Gasteiger partial charge is 0.377 e. The van der Waals surface area contributed by atoms with E-state index in [4.69, 9.17) is 4.74 Å². The van der Waals surface area contributed by atoms with Crippen LogP contribution in [0.25, 0.3) is 0 Å². The van der Waals surface area contributed by atoms with E-state index in [0.717, 1.165) is 19.6 Å². The lowest BCUT2D eigenvalue weighted by molar-refractivity contribution is -0.113. The van der Waals surface area contributed by atoms with Crippen LogP contribution in [0.15, 0.2) is 6.20 Å². The molecule has 0 aromatic carbocycles. The van der Waals surface area contributed by atoms with Crippen molar-refractivity contribution in [2.75, 3.05) is 6.61 Å². The van der Waals surface area contributed by atoms with Gasteiger partial charge in [-0.15, -0.1) is 0 Å². The van der Waals surface area contributed by atoms with E-state index in [1.54, 1.807) is 0 Å². The van der Waals surface area contributed by atoms with Gasteiger partial charge < -0.3 is 10.1 Å². The van der Waals surface area contributed by atoms with Crippen LogP contribution in [0.2, 0.25) is 0 Å². The van der Waals surface area contributed by atoms with Crippen molar-refractivity contribution in [2.45, 2.75) is 52.3 Å². The summed E-state index contributed by atoms with van der Waals surface area (Å²) in [5.74, 6) is 0.705. The average Bonchev–Trinajstić information content (AvgIpc) is 2.94. The lowest BCUT2D eigenvalue weighted by Crippen LogP contribution is -2.65. The molecular formula is C15H25N3O. The first-order valence-electron chi connectivity index (χ1n) is 7.40. The number of ether oxygens (including phenoxy) is 1. The molecule has 0 bridgehead atoms. The zero-order valence-electron chi connectivity index (χ0n) is 12.4. The van der Waals surface area contributed by atoms with Crippen LogP contribution in [0.1, 0.15) is 38.4 Å². The van der Waals surface area contributed by atoms with Crippen molar-refractivity contribution in [3.05, 3.63) is 17.5 Å². The van der Waals surface area contributed by atoms with Crippen LogP contribution in [0, 0.1) is 11.3 Å². The van der Waals surface area contributed by atoms with Crippen molar-refractivity contribution >= 4 is 0 Å². The van der Waals surface area contributed by atoms with Crippen LogP contribution in [0.3, 0.4) is 0 Å². The van der Waals surface area contributed by atoms with Gasteiger partial charge in [-0.2, -0.15) is 5.10 Å². The van der Waals surface area contributed by atoms with Crippen LogP contribution in [0.4, 0.5) is 0 Å². The quantitative estimate of drug-likeness (QED) is 0.901. The van der Waals surface area contributed by atoms with E-state index >= 15 is 0 Å². The summed E-state index contributed by atoms with van der Waals surface area (Å²) in [5.41, 5.74) is 2.81. The molecule has 1 N–H and O–H groups in total. The van der Waals surface area contributed by atoms with Gasteiger partial charge in [-0.25, -0.2) is 0 Å². The van der Waals surface area contributed by atoms with Gasteiger partial charge in [0.2, 0.25) is 0 Å². The van der Waals surface area contributed by atoms with Crippen LogP contribution < -0.4 is 5.32 Å². The molecular weight excluding hydrogens is 238 g/mol. The van der Waals surface area contributed by atoms with E-state index in [9.17, 15) is 0 Å². The van der Waals surface area contributed by atoms with E-state index in [-0.39, 0.29) is 5.41 Å². The van der Waals surface area contributed by atoms with E-state index in [1.807, 2.05) is 11.7 Å². The number of aromatic nitrogens is 2. The highest BCUT2D eigenvalue weighted by Gasteiger charge is 2.58. The van der Waals surface area contributed by atoms with E-state index in [2.05, 4.69) is 37.4 Å². The van der Waals surface area contributed by atoms with Gasteiger partial charge in [0.1, 0.15) is 0 Å². The van der Waals surface area contributed by atoms with Gasteiger partial charge in [0.15, 0.2) is 0 Å². The maximum atomic E-state index is 5.84. The Morgan fingerprint density at radius 3 is 3.05 bits per heavy atom. The number of hydrogen-bond acceptors (Lipinski definition) is 3. The molecule has 4 nitrogen and oxygen atoms in total. The minimum Gasteiger partial charge on any atom is -0.377 e. The molecule has 1 saturated carbocycles. The molecule has 1 aromatic heterocycles. The monoisotopic (exact) mass is 263 g/mol. The molecule has 1 aliphatic heterocycles. The summed E-state index contributed by atoms with van der Waals surface area (Å²) in [7, 11) is 2.00. The smallest absolute Gasteiger partial charge is 0.0685 e. The maximum absolute atomic E-state index is 5.84. The van der Waals surface area contributed by atoms with Crippen molar-refractivity contribution in [1.82, 2.24) is 15.1 Å². The van der Waals surface area contributed by atoms with Crippen LogP contribution in [0.5, 0.6) is 0 Å². The van der Waals surface area contributed by atoms with Gasteiger partial charge in [-0.1, -0.05) is 20.8 Å². The molecule has 2 aliphatic rings.